The van der Waals surface area contributed by atoms with E-state index in [4.69, 9.17) is 5.73 Å². The summed E-state index contributed by atoms with van der Waals surface area (Å²) in [6.07, 6.45) is 1.05. The maximum absolute atomic E-state index is 5.80. The molecule has 0 saturated carbocycles. The van der Waals surface area contributed by atoms with E-state index in [0.29, 0.717) is 6.04 Å². The van der Waals surface area contributed by atoms with Crippen LogP contribution >= 0.6 is 0 Å². The van der Waals surface area contributed by atoms with E-state index in [1.54, 1.807) is 0 Å². The smallest absolute Gasteiger partial charge is 0.151 e. The number of hydrogen-bond donors (Lipinski definition) is 1. The first-order valence-corrected chi connectivity index (χ1v) is 4.56. The third-order valence-corrected chi connectivity index (χ3v) is 2.33. The minimum atomic E-state index is 0.295. The lowest BCUT2D eigenvalue weighted by molar-refractivity contribution is 0.750. The van der Waals surface area contributed by atoms with Gasteiger partial charge < -0.3 is 10.6 Å². The van der Waals surface area contributed by atoms with Crippen LogP contribution in [0.25, 0.3) is 0 Å². The molecule has 1 aliphatic heterocycles. The zero-order chi connectivity index (χ0) is 9.26. The molecule has 1 atom stereocenters. The number of nitrogens with zero attached hydrogens (tertiary/aromatic N) is 3. The first-order valence-electron chi connectivity index (χ1n) is 4.56. The Morgan fingerprint density at radius 2 is 2.31 bits per heavy atom. The highest BCUT2D eigenvalue weighted by molar-refractivity contribution is 5.38. The van der Waals surface area contributed by atoms with E-state index in [1.165, 1.54) is 0 Å². The zero-order valence-corrected chi connectivity index (χ0v) is 7.77. The summed E-state index contributed by atoms with van der Waals surface area (Å²) in [5.74, 6) is 0.943. The monoisotopic (exact) mass is 178 g/mol. The molecule has 0 bridgehead atoms. The summed E-state index contributed by atoms with van der Waals surface area (Å²) in [4.78, 5) is 2.18. The Morgan fingerprint density at radius 1 is 1.46 bits per heavy atom. The SMILES string of the molecule is Cc1ccc(N2CC[C@H](N)C2)nn1. The van der Waals surface area contributed by atoms with E-state index in [1.807, 2.05) is 19.1 Å². The predicted molar refractivity (Wildman–Crippen MR) is 51.6 cm³/mol. The number of aryl methyl sites for hydroxylation is 1. The van der Waals surface area contributed by atoms with Gasteiger partial charge in [-0.3, -0.25) is 0 Å². The van der Waals surface area contributed by atoms with E-state index in [0.717, 1.165) is 31.0 Å². The third kappa shape index (κ3) is 1.78. The molecule has 13 heavy (non-hydrogen) atoms. The van der Waals surface area contributed by atoms with Crippen molar-refractivity contribution in [2.24, 2.45) is 5.73 Å². The Morgan fingerprint density at radius 3 is 2.85 bits per heavy atom. The summed E-state index contributed by atoms with van der Waals surface area (Å²) in [6, 6.07) is 4.27. The molecule has 2 heterocycles. The van der Waals surface area contributed by atoms with Crippen LogP contribution in [-0.4, -0.2) is 29.3 Å². The fraction of sp³-hybridized carbons (Fsp3) is 0.556. The van der Waals surface area contributed by atoms with Gasteiger partial charge in [0.05, 0.1) is 5.69 Å². The average Bonchev–Trinajstić information content (AvgIpc) is 2.53. The second kappa shape index (κ2) is 3.30. The van der Waals surface area contributed by atoms with E-state index in [2.05, 4.69) is 15.1 Å². The molecule has 0 radical (unpaired) electrons. The van der Waals surface area contributed by atoms with Gasteiger partial charge in [-0.15, -0.1) is 5.10 Å². The molecule has 0 aromatic carbocycles. The molecule has 1 aromatic rings. The maximum Gasteiger partial charge on any atom is 0.151 e. The Bertz CT molecular complexity index is 282. The molecule has 4 heteroatoms. The summed E-state index contributed by atoms with van der Waals surface area (Å²) in [6.45, 7) is 3.84. The predicted octanol–water partition coefficient (Wildman–Crippen LogP) is 0.322. The van der Waals surface area contributed by atoms with Crippen molar-refractivity contribution >= 4 is 5.82 Å². The lowest BCUT2D eigenvalue weighted by Crippen LogP contribution is -2.27. The van der Waals surface area contributed by atoms with Gasteiger partial charge in [0.25, 0.3) is 0 Å². The molecular weight excluding hydrogens is 164 g/mol. The standard InChI is InChI=1S/C9H14N4/c1-7-2-3-9(12-11-7)13-5-4-8(10)6-13/h2-3,8H,4-6,10H2,1H3/t8-/m0/s1. The molecule has 0 aliphatic carbocycles. The normalized spacial score (nSPS) is 22.3. The van der Waals surface area contributed by atoms with Gasteiger partial charge in [0, 0.05) is 19.1 Å². The van der Waals surface area contributed by atoms with Crippen LogP contribution < -0.4 is 10.6 Å². The van der Waals surface area contributed by atoms with Crippen LogP contribution in [-0.2, 0) is 0 Å². The van der Waals surface area contributed by atoms with Gasteiger partial charge in [-0.1, -0.05) is 0 Å². The van der Waals surface area contributed by atoms with Crippen LogP contribution in [0.4, 0.5) is 5.82 Å². The van der Waals surface area contributed by atoms with E-state index in [9.17, 15) is 0 Å². The molecule has 0 amide bonds. The Labute approximate surface area is 77.8 Å². The molecule has 4 nitrogen and oxygen atoms in total. The van der Waals surface area contributed by atoms with E-state index < -0.39 is 0 Å². The van der Waals surface area contributed by atoms with Crippen molar-refractivity contribution in [3.05, 3.63) is 17.8 Å². The molecular formula is C9H14N4. The Kier molecular flexibility index (Phi) is 2.14. The van der Waals surface area contributed by atoms with Crippen LogP contribution in [0.15, 0.2) is 12.1 Å². The number of aromatic nitrogens is 2. The van der Waals surface area contributed by atoms with Gasteiger partial charge in [0.15, 0.2) is 5.82 Å². The highest BCUT2D eigenvalue weighted by Gasteiger charge is 2.19. The van der Waals surface area contributed by atoms with Crippen LogP contribution in [0.1, 0.15) is 12.1 Å². The summed E-state index contributed by atoms with van der Waals surface area (Å²) >= 11 is 0. The molecule has 1 aromatic heterocycles. The Hall–Kier alpha value is -1.16. The zero-order valence-electron chi connectivity index (χ0n) is 7.77. The topological polar surface area (TPSA) is 55.0 Å². The van der Waals surface area contributed by atoms with Crippen LogP contribution in [0.5, 0.6) is 0 Å². The fourth-order valence-electron chi connectivity index (χ4n) is 1.56. The van der Waals surface area contributed by atoms with Gasteiger partial charge in [0.1, 0.15) is 0 Å². The average molecular weight is 178 g/mol. The second-order valence-corrected chi connectivity index (χ2v) is 3.53. The van der Waals surface area contributed by atoms with E-state index in [-0.39, 0.29) is 0 Å². The van der Waals surface area contributed by atoms with Gasteiger partial charge in [-0.2, -0.15) is 5.10 Å². The van der Waals surface area contributed by atoms with E-state index >= 15 is 0 Å². The summed E-state index contributed by atoms with van der Waals surface area (Å²) in [5, 5.41) is 8.13. The van der Waals surface area contributed by atoms with Crippen molar-refractivity contribution in [2.75, 3.05) is 18.0 Å². The largest absolute Gasteiger partial charge is 0.354 e. The Balaban J connectivity index is 2.13. The van der Waals surface area contributed by atoms with Crippen molar-refractivity contribution in [3.63, 3.8) is 0 Å². The van der Waals surface area contributed by atoms with Crippen molar-refractivity contribution in [2.45, 2.75) is 19.4 Å². The summed E-state index contributed by atoms with van der Waals surface area (Å²) < 4.78 is 0. The number of rotatable bonds is 1. The van der Waals surface area contributed by atoms with Gasteiger partial charge in [0.2, 0.25) is 0 Å². The molecule has 1 fully saturated rings. The minimum absolute atomic E-state index is 0.295. The fourth-order valence-corrected chi connectivity index (χ4v) is 1.56. The lowest BCUT2D eigenvalue weighted by Gasteiger charge is -2.15. The summed E-state index contributed by atoms with van der Waals surface area (Å²) in [5.41, 5.74) is 6.75. The number of nitrogens with two attached hydrogens (primary N) is 1. The van der Waals surface area contributed by atoms with Crippen molar-refractivity contribution in [1.82, 2.24) is 10.2 Å². The van der Waals surface area contributed by atoms with Crippen LogP contribution in [0.2, 0.25) is 0 Å². The minimum Gasteiger partial charge on any atom is -0.354 e. The first kappa shape index (κ1) is 8.44. The summed E-state index contributed by atoms with van der Waals surface area (Å²) in [7, 11) is 0. The molecule has 2 rings (SSSR count). The third-order valence-electron chi connectivity index (χ3n) is 2.33. The molecule has 2 N–H and O–H groups in total. The molecule has 1 saturated heterocycles. The highest BCUT2D eigenvalue weighted by Crippen LogP contribution is 2.15. The van der Waals surface area contributed by atoms with Crippen molar-refractivity contribution in [1.29, 1.82) is 0 Å². The lowest BCUT2D eigenvalue weighted by atomic mass is 10.3. The number of anilines is 1. The van der Waals surface area contributed by atoms with Gasteiger partial charge in [-0.05, 0) is 25.5 Å². The number of hydrogen-bond acceptors (Lipinski definition) is 4. The van der Waals surface area contributed by atoms with Gasteiger partial charge in [-0.25, -0.2) is 0 Å². The van der Waals surface area contributed by atoms with Crippen LogP contribution in [0, 0.1) is 6.92 Å². The molecule has 70 valence electrons. The first-order chi connectivity index (χ1) is 6.25. The quantitative estimate of drug-likeness (QED) is 0.673. The molecule has 0 unspecified atom stereocenters. The highest BCUT2D eigenvalue weighted by atomic mass is 15.3. The van der Waals surface area contributed by atoms with Crippen LogP contribution in [0.3, 0.4) is 0 Å². The van der Waals surface area contributed by atoms with Gasteiger partial charge >= 0.3 is 0 Å². The maximum atomic E-state index is 5.80. The molecule has 0 spiro atoms. The second-order valence-electron chi connectivity index (χ2n) is 3.53. The molecule has 1 aliphatic rings. The van der Waals surface area contributed by atoms with Crippen molar-refractivity contribution < 1.29 is 0 Å². The van der Waals surface area contributed by atoms with Crippen molar-refractivity contribution in [3.8, 4) is 0 Å².